The summed E-state index contributed by atoms with van der Waals surface area (Å²) >= 11 is 7.29. The normalized spacial score (nSPS) is 12.7. The van der Waals surface area contributed by atoms with Gasteiger partial charge in [-0.15, -0.1) is 11.3 Å². The van der Waals surface area contributed by atoms with Gasteiger partial charge in [-0.05, 0) is 25.5 Å². The molecule has 2 aromatic rings. The number of hydrogen-bond acceptors (Lipinski definition) is 3. The van der Waals surface area contributed by atoms with Crippen molar-refractivity contribution in [2.45, 2.75) is 26.3 Å². The van der Waals surface area contributed by atoms with Gasteiger partial charge >= 0.3 is 0 Å². The lowest BCUT2D eigenvalue weighted by atomic mass is 10.1. The number of aromatic nitrogens is 1. The minimum absolute atomic E-state index is 0.0412. The van der Waals surface area contributed by atoms with Crippen molar-refractivity contribution in [2.24, 2.45) is 5.73 Å². The summed E-state index contributed by atoms with van der Waals surface area (Å²) < 4.78 is 13.8. The minimum Gasteiger partial charge on any atom is -0.323 e. The highest BCUT2D eigenvalue weighted by atomic mass is 35.5. The zero-order chi connectivity index (χ0) is 13.3. The van der Waals surface area contributed by atoms with Crippen LogP contribution in [0.1, 0.15) is 34.1 Å². The number of nitrogens with zero attached hydrogens (tertiary/aromatic N) is 1. The van der Waals surface area contributed by atoms with Gasteiger partial charge in [0.25, 0.3) is 0 Å². The second kappa shape index (κ2) is 5.34. The van der Waals surface area contributed by atoms with Crippen LogP contribution in [0.4, 0.5) is 4.39 Å². The van der Waals surface area contributed by atoms with Crippen LogP contribution in [0.25, 0.3) is 0 Å². The van der Waals surface area contributed by atoms with Crippen LogP contribution in [0.5, 0.6) is 0 Å². The van der Waals surface area contributed by atoms with Crippen LogP contribution in [0.2, 0.25) is 5.02 Å². The molecule has 0 saturated carbocycles. The van der Waals surface area contributed by atoms with Gasteiger partial charge in [0.15, 0.2) is 0 Å². The van der Waals surface area contributed by atoms with Crippen LogP contribution in [-0.4, -0.2) is 4.98 Å². The predicted molar refractivity (Wildman–Crippen MR) is 73.7 cm³/mol. The molecule has 0 amide bonds. The zero-order valence-corrected chi connectivity index (χ0v) is 11.8. The molecule has 0 saturated heterocycles. The van der Waals surface area contributed by atoms with E-state index in [1.54, 1.807) is 18.2 Å². The topological polar surface area (TPSA) is 38.9 Å². The summed E-state index contributed by atoms with van der Waals surface area (Å²) in [7, 11) is 0. The predicted octanol–water partition coefficient (Wildman–Crippen LogP) is 3.85. The third-order valence-corrected chi connectivity index (χ3v) is 4.31. The van der Waals surface area contributed by atoms with Gasteiger partial charge in [0.05, 0.1) is 15.7 Å². The van der Waals surface area contributed by atoms with Crippen LogP contribution >= 0.6 is 22.9 Å². The fourth-order valence-electron chi connectivity index (χ4n) is 1.81. The Labute approximate surface area is 115 Å². The number of thiazole rings is 1. The molecule has 0 bridgehead atoms. The summed E-state index contributed by atoms with van der Waals surface area (Å²) in [6, 6.07) is 4.97. The second-order valence-electron chi connectivity index (χ2n) is 4.24. The number of rotatable bonds is 3. The van der Waals surface area contributed by atoms with E-state index in [1.165, 1.54) is 11.3 Å². The number of aryl methyl sites for hydroxylation is 1. The molecule has 18 heavy (non-hydrogen) atoms. The molecule has 1 atom stereocenters. The molecule has 2 rings (SSSR count). The molecule has 1 unspecified atom stereocenters. The molecule has 5 heteroatoms. The van der Waals surface area contributed by atoms with Gasteiger partial charge in [0, 0.05) is 17.3 Å². The van der Waals surface area contributed by atoms with Crippen molar-refractivity contribution in [1.82, 2.24) is 4.98 Å². The Hall–Kier alpha value is -0.970. The first kappa shape index (κ1) is 13.5. The maximum absolute atomic E-state index is 13.8. The van der Waals surface area contributed by atoms with E-state index in [0.29, 0.717) is 12.0 Å². The molecule has 0 aliphatic rings. The van der Waals surface area contributed by atoms with E-state index in [1.807, 2.05) is 13.8 Å². The largest absolute Gasteiger partial charge is 0.323 e. The lowest BCUT2D eigenvalue weighted by Gasteiger charge is -2.02. The molecule has 0 fully saturated rings. The molecule has 1 aromatic heterocycles. The highest BCUT2D eigenvalue weighted by molar-refractivity contribution is 7.11. The van der Waals surface area contributed by atoms with Gasteiger partial charge < -0.3 is 5.73 Å². The molecular formula is C13H14ClFN2S. The lowest BCUT2D eigenvalue weighted by Crippen LogP contribution is -2.03. The molecule has 2 N–H and O–H groups in total. The highest BCUT2D eigenvalue weighted by Crippen LogP contribution is 2.27. The first-order chi connectivity index (χ1) is 8.49. The molecule has 0 aliphatic carbocycles. The summed E-state index contributed by atoms with van der Waals surface area (Å²) in [4.78, 5) is 5.48. The Morgan fingerprint density at radius 1 is 1.50 bits per heavy atom. The van der Waals surface area contributed by atoms with E-state index in [0.717, 1.165) is 15.6 Å². The number of hydrogen-bond donors (Lipinski definition) is 1. The first-order valence-corrected chi connectivity index (χ1v) is 6.83. The van der Waals surface area contributed by atoms with E-state index in [9.17, 15) is 4.39 Å². The first-order valence-electron chi connectivity index (χ1n) is 5.63. The van der Waals surface area contributed by atoms with Crippen molar-refractivity contribution in [3.8, 4) is 0 Å². The SMILES string of the molecule is Cc1nc(Cc2cccc(Cl)c2F)sc1C(C)N. The van der Waals surface area contributed by atoms with Gasteiger partial charge in [-0.3, -0.25) is 0 Å². The summed E-state index contributed by atoms with van der Waals surface area (Å²) in [5.74, 6) is -0.366. The van der Waals surface area contributed by atoms with Gasteiger partial charge in [0.1, 0.15) is 5.82 Å². The van der Waals surface area contributed by atoms with Gasteiger partial charge in [0.2, 0.25) is 0 Å². The van der Waals surface area contributed by atoms with Crippen LogP contribution in [0.3, 0.4) is 0 Å². The molecule has 1 heterocycles. The Balaban J connectivity index is 2.29. The van der Waals surface area contributed by atoms with Crippen molar-refractivity contribution in [2.75, 3.05) is 0 Å². The number of halogens is 2. The molecule has 0 spiro atoms. The van der Waals surface area contributed by atoms with Crippen molar-refractivity contribution in [1.29, 1.82) is 0 Å². The molecule has 0 aliphatic heterocycles. The molecular weight excluding hydrogens is 271 g/mol. The maximum atomic E-state index is 13.8. The quantitative estimate of drug-likeness (QED) is 0.930. The van der Waals surface area contributed by atoms with E-state index >= 15 is 0 Å². The molecule has 0 radical (unpaired) electrons. The van der Waals surface area contributed by atoms with E-state index in [2.05, 4.69) is 4.98 Å². The smallest absolute Gasteiger partial charge is 0.145 e. The van der Waals surface area contributed by atoms with Crippen molar-refractivity contribution < 1.29 is 4.39 Å². The summed E-state index contributed by atoms with van der Waals surface area (Å²) in [6.07, 6.45) is 0.449. The highest BCUT2D eigenvalue weighted by Gasteiger charge is 2.13. The van der Waals surface area contributed by atoms with Gasteiger partial charge in [-0.25, -0.2) is 9.37 Å². The summed E-state index contributed by atoms with van der Waals surface area (Å²) in [5, 5.41) is 1.01. The van der Waals surface area contributed by atoms with Gasteiger partial charge in [-0.2, -0.15) is 0 Å². The van der Waals surface area contributed by atoms with E-state index < -0.39 is 0 Å². The Bertz CT molecular complexity index is 566. The molecule has 96 valence electrons. The lowest BCUT2D eigenvalue weighted by molar-refractivity contribution is 0.614. The fourth-order valence-corrected chi connectivity index (χ4v) is 3.05. The van der Waals surface area contributed by atoms with E-state index in [4.69, 9.17) is 17.3 Å². The zero-order valence-electron chi connectivity index (χ0n) is 10.2. The van der Waals surface area contributed by atoms with Crippen LogP contribution < -0.4 is 5.73 Å². The Kier molecular flexibility index (Phi) is 4.00. The third-order valence-electron chi connectivity index (χ3n) is 2.66. The average molecular weight is 285 g/mol. The van der Waals surface area contributed by atoms with Gasteiger partial charge in [-0.1, -0.05) is 23.7 Å². The van der Waals surface area contributed by atoms with Crippen molar-refractivity contribution >= 4 is 22.9 Å². The van der Waals surface area contributed by atoms with Crippen LogP contribution in [0.15, 0.2) is 18.2 Å². The van der Waals surface area contributed by atoms with Crippen LogP contribution in [0, 0.1) is 12.7 Å². The van der Waals surface area contributed by atoms with Crippen molar-refractivity contribution in [3.63, 3.8) is 0 Å². The second-order valence-corrected chi connectivity index (χ2v) is 5.76. The Morgan fingerprint density at radius 2 is 2.22 bits per heavy atom. The van der Waals surface area contributed by atoms with Crippen LogP contribution in [-0.2, 0) is 6.42 Å². The third kappa shape index (κ3) is 2.71. The molecule has 2 nitrogen and oxygen atoms in total. The number of benzene rings is 1. The monoisotopic (exact) mass is 284 g/mol. The van der Waals surface area contributed by atoms with E-state index in [-0.39, 0.29) is 16.9 Å². The average Bonchev–Trinajstić information content (AvgIpc) is 2.66. The van der Waals surface area contributed by atoms with Crippen molar-refractivity contribution in [3.05, 3.63) is 50.2 Å². The number of nitrogens with two attached hydrogens (primary N) is 1. The standard InChI is InChI=1S/C13H14ClFN2S/c1-7(16)13-8(2)17-11(18-13)6-9-4-3-5-10(14)12(9)15/h3-5,7H,6,16H2,1-2H3. The Morgan fingerprint density at radius 3 is 2.83 bits per heavy atom. The minimum atomic E-state index is -0.366. The summed E-state index contributed by atoms with van der Waals surface area (Å²) in [6.45, 7) is 3.84. The fraction of sp³-hybridized carbons (Fsp3) is 0.308. The maximum Gasteiger partial charge on any atom is 0.145 e. The summed E-state index contributed by atoms with van der Waals surface area (Å²) in [5.41, 5.74) is 7.34. The molecule has 1 aromatic carbocycles.